The molecule has 0 aliphatic carbocycles. The maximum atomic E-state index is 5.82. The van der Waals surface area contributed by atoms with Gasteiger partial charge in [-0.2, -0.15) is 0 Å². The fourth-order valence-electron chi connectivity index (χ4n) is 2.37. The molecule has 1 rings (SSSR count). The Labute approximate surface area is 101 Å². The highest BCUT2D eigenvalue weighted by atomic mass is 16.5. The van der Waals surface area contributed by atoms with Gasteiger partial charge >= 0.3 is 0 Å². The van der Waals surface area contributed by atoms with E-state index in [-0.39, 0.29) is 0 Å². The molecule has 1 heterocycles. The third kappa shape index (κ3) is 7.05. The van der Waals surface area contributed by atoms with Gasteiger partial charge in [-0.1, -0.05) is 63.9 Å². The van der Waals surface area contributed by atoms with Crippen LogP contribution in [0.15, 0.2) is 12.7 Å². The third-order valence-electron chi connectivity index (χ3n) is 3.48. The molecule has 0 aromatic rings. The van der Waals surface area contributed by atoms with Crippen molar-refractivity contribution >= 4 is 0 Å². The SMILES string of the molecule is C=CC1CCCCCCCCCCCCO1. The van der Waals surface area contributed by atoms with Gasteiger partial charge in [0, 0.05) is 6.61 Å². The van der Waals surface area contributed by atoms with Crippen molar-refractivity contribution in [2.75, 3.05) is 6.61 Å². The number of ether oxygens (including phenoxy) is 1. The highest BCUT2D eigenvalue weighted by molar-refractivity contribution is 4.79. The van der Waals surface area contributed by atoms with Crippen LogP contribution in [0.5, 0.6) is 0 Å². The second kappa shape index (κ2) is 9.89. The van der Waals surface area contributed by atoms with Crippen molar-refractivity contribution in [1.82, 2.24) is 0 Å². The summed E-state index contributed by atoms with van der Waals surface area (Å²) in [7, 11) is 0. The summed E-state index contributed by atoms with van der Waals surface area (Å²) in [5.74, 6) is 0. The molecular weight excluding hydrogens is 196 g/mol. The molecule has 1 heteroatoms. The lowest BCUT2D eigenvalue weighted by molar-refractivity contribution is 0.0745. The predicted molar refractivity (Wildman–Crippen MR) is 70.7 cm³/mol. The highest BCUT2D eigenvalue weighted by Gasteiger charge is 2.04. The Hall–Kier alpha value is -0.300. The highest BCUT2D eigenvalue weighted by Crippen LogP contribution is 2.15. The van der Waals surface area contributed by atoms with E-state index in [1.54, 1.807) is 0 Å². The number of hydrogen-bond acceptors (Lipinski definition) is 1. The average molecular weight is 224 g/mol. The number of rotatable bonds is 1. The van der Waals surface area contributed by atoms with Gasteiger partial charge in [0.2, 0.25) is 0 Å². The molecule has 0 aromatic carbocycles. The minimum Gasteiger partial charge on any atom is -0.374 e. The van der Waals surface area contributed by atoms with Gasteiger partial charge in [-0.3, -0.25) is 0 Å². The summed E-state index contributed by atoms with van der Waals surface area (Å²) in [4.78, 5) is 0. The van der Waals surface area contributed by atoms with Crippen LogP contribution in [-0.4, -0.2) is 12.7 Å². The lowest BCUT2D eigenvalue weighted by Gasteiger charge is -2.14. The van der Waals surface area contributed by atoms with Crippen LogP contribution < -0.4 is 0 Å². The number of hydrogen-bond donors (Lipinski definition) is 0. The summed E-state index contributed by atoms with van der Waals surface area (Å²) in [6.07, 6.45) is 17.2. The van der Waals surface area contributed by atoms with Crippen LogP contribution >= 0.6 is 0 Å². The monoisotopic (exact) mass is 224 g/mol. The van der Waals surface area contributed by atoms with Crippen molar-refractivity contribution in [1.29, 1.82) is 0 Å². The molecule has 1 nitrogen and oxygen atoms in total. The van der Waals surface area contributed by atoms with Gasteiger partial charge in [0.15, 0.2) is 0 Å². The Morgan fingerprint density at radius 3 is 1.81 bits per heavy atom. The zero-order valence-corrected chi connectivity index (χ0v) is 10.8. The Morgan fingerprint density at radius 2 is 1.25 bits per heavy atom. The molecule has 1 atom stereocenters. The molecule has 16 heavy (non-hydrogen) atoms. The molecule has 94 valence electrons. The lowest BCUT2D eigenvalue weighted by atomic mass is 10.0. The Bertz CT molecular complexity index is 151. The molecule has 0 amide bonds. The van der Waals surface area contributed by atoms with E-state index in [0.717, 1.165) is 6.61 Å². The topological polar surface area (TPSA) is 9.23 Å². The summed E-state index contributed by atoms with van der Waals surface area (Å²) in [5, 5.41) is 0. The van der Waals surface area contributed by atoms with E-state index in [0.29, 0.717) is 6.10 Å². The zero-order chi connectivity index (χ0) is 11.5. The first-order valence-corrected chi connectivity index (χ1v) is 7.17. The molecule has 0 saturated carbocycles. The zero-order valence-electron chi connectivity index (χ0n) is 10.8. The van der Waals surface area contributed by atoms with Gasteiger partial charge in [-0.15, -0.1) is 6.58 Å². The molecule has 0 radical (unpaired) electrons. The largest absolute Gasteiger partial charge is 0.374 e. The molecule has 1 aliphatic heterocycles. The van der Waals surface area contributed by atoms with Crippen LogP contribution in [0.4, 0.5) is 0 Å². The molecule has 0 N–H and O–H groups in total. The standard InChI is InChI=1S/C15H28O/c1-2-15-13-11-9-7-5-3-4-6-8-10-12-14-16-15/h2,15H,1,3-14H2. The van der Waals surface area contributed by atoms with Gasteiger partial charge in [0.1, 0.15) is 0 Å². The minimum atomic E-state index is 0.308. The van der Waals surface area contributed by atoms with Gasteiger partial charge < -0.3 is 4.74 Å². The van der Waals surface area contributed by atoms with Crippen molar-refractivity contribution < 1.29 is 4.74 Å². The maximum Gasteiger partial charge on any atom is 0.0753 e. The van der Waals surface area contributed by atoms with Crippen LogP contribution in [0, 0.1) is 0 Å². The van der Waals surface area contributed by atoms with Crippen LogP contribution in [0.1, 0.15) is 70.6 Å². The fraction of sp³-hybridized carbons (Fsp3) is 0.867. The third-order valence-corrected chi connectivity index (χ3v) is 3.48. The van der Waals surface area contributed by atoms with E-state index in [2.05, 4.69) is 6.58 Å². The van der Waals surface area contributed by atoms with Crippen molar-refractivity contribution in [2.45, 2.75) is 76.7 Å². The Morgan fingerprint density at radius 1 is 0.750 bits per heavy atom. The molecule has 1 fully saturated rings. The quantitative estimate of drug-likeness (QED) is 0.578. The summed E-state index contributed by atoms with van der Waals surface area (Å²) < 4.78 is 5.82. The second-order valence-corrected chi connectivity index (χ2v) is 4.97. The maximum absolute atomic E-state index is 5.82. The summed E-state index contributed by atoms with van der Waals surface area (Å²) >= 11 is 0. The van der Waals surface area contributed by atoms with Crippen molar-refractivity contribution in [3.8, 4) is 0 Å². The van der Waals surface area contributed by atoms with E-state index in [9.17, 15) is 0 Å². The van der Waals surface area contributed by atoms with E-state index < -0.39 is 0 Å². The minimum absolute atomic E-state index is 0.308. The fourth-order valence-corrected chi connectivity index (χ4v) is 2.37. The van der Waals surface area contributed by atoms with Crippen molar-refractivity contribution in [3.05, 3.63) is 12.7 Å². The first-order valence-electron chi connectivity index (χ1n) is 7.17. The van der Waals surface area contributed by atoms with Crippen molar-refractivity contribution in [2.24, 2.45) is 0 Å². The predicted octanol–water partition coefficient (Wildman–Crippen LogP) is 4.86. The van der Waals surface area contributed by atoms with E-state index >= 15 is 0 Å². The van der Waals surface area contributed by atoms with Crippen LogP contribution in [0.3, 0.4) is 0 Å². The molecular formula is C15H28O. The summed E-state index contributed by atoms with van der Waals surface area (Å²) in [6, 6.07) is 0. The molecule has 1 saturated heterocycles. The smallest absolute Gasteiger partial charge is 0.0753 e. The summed E-state index contributed by atoms with van der Waals surface area (Å²) in [5.41, 5.74) is 0. The Balaban J connectivity index is 2.18. The van der Waals surface area contributed by atoms with Crippen LogP contribution in [0.25, 0.3) is 0 Å². The van der Waals surface area contributed by atoms with E-state index in [4.69, 9.17) is 4.74 Å². The van der Waals surface area contributed by atoms with Gasteiger partial charge in [0.05, 0.1) is 6.10 Å². The second-order valence-electron chi connectivity index (χ2n) is 4.97. The molecule has 1 aliphatic rings. The molecule has 1 unspecified atom stereocenters. The summed E-state index contributed by atoms with van der Waals surface area (Å²) in [6.45, 7) is 4.79. The average Bonchev–Trinajstić information content (AvgIpc) is 2.32. The van der Waals surface area contributed by atoms with Gasteiger partial charge in [0.25, 0.3) is 0 Å². The van der Waals surface area contributed by atoms with E-state index in [1.807, 2.05) is 6.08 Å². The normalized spacial score (nSPS) is 26.9. The van der Waals surface area contributed by atoms with E-state index in [1.165, 1.54) is 70.6 Å². The molecule has 0 aromatic heterocycles. The molecule has 0 bridgehead atoms. The van der Waals surface area contributed by atoms with Crippen molar-refractivity contribution in [3.63, 3.8) is 0 Å². The van der Waals surface area contributed by atoms with Gasteiger partial charge in [-0.05, 0) is 12.8 Å². The van der Waals surface area contributed by atoms with Crippen LogP contribution in [0.2, 0.25) is 0 Å². The van der Waals surface area contributed by atoms with Gasteiger partial charge in [-0.25, -0.2) is 0 Å². The first kappa shape index (κ1) is 13.8. The molecule has 0 spiro atoms. The van der Waals surface area contributed by atoms with Crippen LogP contribution in [-0.2, 0) is 4.74 Å². The lowest BCUT2D eigenvalue weighted by Crippen LogP contribution is -2.10. The first-order chi connectivity index (χ1) is 7.93. The Kier molecular flexibility index (Phi) is 8.51.